The van der Waals surface area contributed by atoms with Gasteiger partial charge in [-0.05, 0) is 18.6 Å². The highest BCUT2D eigenvalue weighted by molar-refractivity contribution is 7.09. The number of hydrogen-bond acceptors (Lipinski definition) is 5. The maximum absolute atomic E-state index is 12.6. The Morgan fingerprint density at radius 3 is 3.00 bits per heavy atom. The van der Waals surface area contributed by atoms with Gasteiger partial charge in [0.1, 0.15) is 5.01 Å². The van der Waals surface area contributed by atoms with Gasteiger partial charge in [-0.1, -0.05) is 6.07 Å². The summed E-state index contributed by atoms with van der Waals surface area (Å²) in [5.41, 5.74) is 2.64. The van der Waals surface area contributed by atoms with Gasteiger partial charge in [0.15, 0.2) is 0 Å². The van der Waals surface area contributed by atoms with Crippen molar-refractivity contribution in [2.75, 3.05) is 6.54 Å². The van der Waals surface area contributed by atoms with Crippen molar-refractivity contribution < 1.29 is 9.59 Å². The highest BCUT2D eigenvalue weighted by Gasteiger charge is 2.32. The predicted molar refractivity (Wildman–Crippen MR) is 86.8 cm³/mol. The van der Waals surface area contributed by atoms with Gasteiger partial charge in [-0.25, -0.2) is 4.98 Å². The van der Waals surface area contributed by atoms with Gasteiger partial charge < -0.3 is 10.2 Å². The summed E-state index contributed by atoms with van der Waals surface area (Å²) in [7, 11) is 0. The van der Waals surface area contributed by atoms with E-state index in [2.05, 4.69) is 15.3 Å². The number of nitrogens with zero attached hydrogens (tertiary/aromatic N) is 3. The molecule has 23 heavy (non-hydrogen) atoms. The molecule has 3 heterocycles. The standard InChI is InChI=1S/C16H18N4O2S/c1-10-9-23-14(19-10)6-18-16(22)13-8-20(11(2)21)7-12-4-3-5-17-15(12)13/h3-5,9,13H,6-8H2,1-2H3,(H,18,22). The topological polar surface area (TPSA) is 75.2 Å². The molecule has 2 amide bonds. The van der Waals surface area contributed by atoms with E-state index in [-0.39, 0.29) is 11.8 Å². The van der Waals surface area contributed by atoms with Crippen molar-refractivity contribution in [2.45, 2.75) is 32.9 Å². The first-order valence-electron chi connectivity index (χ1n) is 7.42. The fraction of sp³-hybridized carbons (Fsp3) is 0.375. The Kier molecular flexibility index (Phi) is 4.38. The van der Waals surface area contributed by atoms with E-state index in [1.807, 2.05) is 24.4 Å². The summed E-state index contributed by atoms with van der Waals surface area (Å²) in [6.45, 7) is 4.72. The van der Waals surface area contributed by atoms with Crippen molar-refractivity contribution in [3.05, 3.63) is 45.7 Å². The lowest BCUT2D eigenvalue weighted by atomic mass is 9.94. The van der Waals surface area contributed by atoms with Crippen molar-refractivity contribution in [3.63, 3.8) is 0 Å². The van der Waals surface area contributed by atoms with Crippen molar-refractivity contribution in [1.82, 2.24) is 20.2 Å². The predicted octanol–water partition coefficient (Wildman–Crippen LogP) is 1.61. The average molecular weight is 330 g/mol. The minimum Gasteiger partial charge on any atom is -0.349 e. The molecule has 3 rings (SSSR count). The number of nitrogens with one attached hydrogen (secondary N) is 1. The van der Waals surface area contributed by atoms with Gasteiger partial charge in [-0.2, -0.15) is 0 Å². The molecule has 6 nitrogen and oxygen atoms in total. The first-order chi connectivity index (χ1) is 11.0. The normalized spacial score (nSPS) is 16.8. The van der Waals surface area contributed by atoms with Crippen LogP contribution in [-0.2, 0) is 22.7 Å². The fourth-order valence-corrected chi connectivity index (χ4v) is 3.40. The summed E-state index contributed by atoms with van der Waals surface area (Å²) in [6.07, 6.45) is 1.69. The number of rotatable bonds is 3. The quantitative estimate of drug-likeness (QED) is 0.928. The summed E-state index contributed by atoms with van der Waals surface area (Å²) < 4.78 is 0. The van der Waals surface area contributed by atoms with Gasteiger partial charge in [0, 0.05) is 37.3 Å². The Morgan fingerprint density at radius 1 is 1.48 bits per heavy atom. The summed E-state index contributed by atoms with van der Waals surface area (Å²) in [4.78, 5) is 34.7. The molecule has 1 aliphatic heterocycles. The lowest BCUT2D eigenvalue weighted by Crippen LogP contribution is -2.43. The molecule has 1 N–H and O–H groups in total. The molecule has 0 saturated heterocycles. The van der Waals surface area contributed by atoms with Crippen LogP contribution in [0.5, 0.6) is 0 Å². The van der Waals surface area contributed by atoms with Crippen LogP contribution in [0.1, 0.15) is 34.8 Å². The van der Waals surface area contributed by atoms with Crippen LogP contribution in [0.2, 0.25) is 0 Å². The van der Waals surface area contributed by atoms with Crippen LogP contribution >= 0.6 is 11.3 Å². The van der Waals surface area contributed by atoms with Crippen LogP contribution in [0.15, 0.2) is 23.7 Å². The zero-order chi connectivity index (χ0) is 16.4. The highest BCUT2D eigenvalue weighted by atomic mass is 32.1. The monoisotopic (exact) mass is 330 g/mol. The Balaban J connectivity index is 1.76. The molecular weight excluding hydrogens is 312 g/mol. The minimum atomic E-state index is -0.440. The maximum atomic E-state index is 12.6. The summed E-state index contributed by atoms with van der Waals surface area (Å²) >= 11 is 1.52. The van der Waals surface area contributed by atoms with Gasteiger partial charge >= 0.3 is 0 Å². The number of pyridine rings is 1. The summed E-state index contributed by atoms with van der Waals surface area (Å²) in [5.74, 6) is -0.596. The Morgan fingerprint density at radius 2 is 2.30 bits per heavy atom. The average Bonchev–Trinajstić information content (AvgIpc) is 2.97. The van der Waals surface area contributed by atoms with E-state index >= 15 is 0 Å². The third-order valence-electron chi connectivity index (χ3n) is 3.86. The molecule has 2 aromatic rings. The number of hydrogen-bond donors (Lipinski definition) is 1. The minimum absolute atomic E-state index is 0.0344. The van der Waals surface area contributed by atoms with Gasteiger partial charge in [0.2, 0.25) is 11.8 Å². The molecule has 0 spiro atoms. The van der Waals surface area contributed by atoms with E-state index in [0.717, 1.165) is 22.0 Å². The number of aromatic nitrogens is 2. The summed E-state index contributed by atoms with van der Waals surface area (Å²) in [5, 5.41) is 5.74. The van der Waals surface area contributed by atoms with E-state index in [1.54, 1.807) is 11.1 Å². The summed E-state index contributed by atoms with van der Waals surface area (Å²) in [6, 6.07) is 3.75. The van der Waals surface area contributed by atoms with E-state index in [0.29, 0.717) is 19.6 Å². The van der Waals surface area contributed by atoms with Crippen LogP contribution in [0.25, 0.3) is 0 Å². The lowest BCUT2D eigenvalue weighted by molar-refractivity contribution is -0.131. The van der Waals surface area contributed by atoms with E-state index < -0.39 is 5.92 Å². The maximum Gasteiger partial charge on any atom is 0.231 e. The molecule has 0 saturated carbocycles. The Hall–Kier alpha value is -2.28. The third kappa shape index (κ3) is 3.39. The molecule has 0 fully saturated rings. The molecule has 1 atom stereocenters. The molecule has 7 heteroatoms. The van der Waals surface area contributed by atoms with Crippen molar-refractivity contribution >= 4 is 23.2 Å². The second-order valence-corrected chi connectivity index (χ2v) is 6.54. The van der Waals surface area contributed by atoms with E-state index in [1.165, 1.54) is 18.3 Å². The molecule has 0 aromatic carbocycles. The van der Waals surface area contributed by atoms with Crippen molar-refractivity contribution in [3.8, 4) is 0 Å². The van der Waals surface area contributed by atoms with Crippen LogP contribution < -0.4 is 5.32 Å². The van der Waals surface area contributed by atoms with Gasteiger partial charge in [-0.15, -0.1) is 11.3 Å². The van der Waals surface area contributed by atoms with Crippen LogP contribution in [0.3, 0.4) is 0 Å². The molecule has 0 radical (unpaired) electrons. The van der Waals surface area contributed by atoms with Crippen molar-refractivity contribution in [2.24, 2.45) is 0 Å². The SMILES string of the molecule is CC(=O)N1Cc2cccnc2C(C(=O)NCc2nc(C)cs2)C1. The first-order valence-corrected chi connectivity index (χ1v) is 8.30. The van der Waals surface area contributed by atoms with Crippen LogP contribution in [-0.4, -0.2) is 33.2 Å². The molecule has 2 aromatic heterocycles. The van der Waals surface area contributed by atoms with E-state index in [9.17, 15) is 9.59 Å². The van der Waals surface area contributed by atoms with Crippen molar-refractivity contribution in [1.29, 1.82) is 0 Å². The molecule has 1 aliphatic rings. The van der Waals surface area contributed by atoms with Gasteiger partial charge in [0.05, 0.1) is 18.2 Å². The van der Waals surface area contributed by atoms with Gasteiger partial charge in [-0.3, -0.25) is 14.6 Å². The van der Waals surface area contributed by atoms with Gasteiger partial charge in [0.25, 0.3) is 0 Å². The molecule has 1 unspecified atom stereocenters. The smallest absolute Gasteiger partial charge is 0.231 e. The second-order valence-electron chi connectivity index (χ2n) is 5.60. The first kappa shape index (κ1) is 15.6. The molecule has 120 valence electrons. The number of carbonyl (C=O) groups excluding carboxylic acids is 2. The Bertz CT molecular complexity index is 743. The number of fused-ring (bicyclic) bond motifs is 1. The largest absolute Gasteiger partial charge is 0.349 e. The molecule has 0 bridgehead atoms. The molecular formula is C16H18N4O2S. The Labute approximate surface area is 138 Å². The fourth-order valence-electron chi connectivity index (χ4n) is 2.69. The number of carbonyl (C=O) groups is 2. The zero-order valence-electron chi connectivity index (χ0n) is 13.1. The third-order valence-corrected chi connectivity index (χ3v) is 4.83. The zero-order valence-corrected chi connectivity index (χ0v) is 13.9. The van der Waals surface area contributed by atoms with Crippen LogP contribution in [0.4, 0.5) is 0 Å². The molecule has 0 aliphatic carbocycles. The van der Waals surface area contributed by atoms with Crippen LogP contribution in [0, 0.1) is 6.92 Å². The highest BCUT2D eigenvalue weighted by Crippen LogP contribution is 2.26. The number of amides is 2. The van der Waals surface area contributed by atoms with E-state index in [4.69, 9.17) is 0 Å². The second kappa shape index (κ2) is 6.45. The number of aryl methyl sites for hydroxylation is 1. The number of thiazole rings is 1. The lowest BCUT2D eigenvalue weighted by Gasteiger charge is -2.32.